The van der Waals surface area contributed by atoms with Gasteiger partial charge in [0.25, 0.3) is 0 Å². The van der Waals surface area contributed by atoms with Crippen LogP contribution >= 0.6 is 0 Å². The summed E-state index contributed by atoms with van der Waals surface area (Å²) in [5.41, 5.74) is 7.76. The molecular formula is C20H22FN5O. The minimum Gasteiger partial charge on any atom is -0.489 e. The second kappa shape index (κ2) is 7.84. The molecule has 0 amide bonds. The lowest BCUT2D eigenvalue weighted by Gasteiger charge is -2.26. The van der Waals surface area contributed by atoms with E-state index >= 15 is 0 Å². The standard InChI is InChI=1S/C20H22FN5O/c21-17-3-1-2-4-18(17)26-11-15(9-25-26)20-19(10-23-13-24-20)27-12-14-5-7-16(22)8-6-14/h1-4,9-11,13-14,16H,5-8,12,22H2/t14-,16-. The number of hydrogen-bond acceptors (Lipinski definition) is 5. The fraction of sp³-hybridized carbons (Fsp3) is 0.350. The molecule has 4 rings (SSSR count). The van der Waals surface area contributed by atoms with Crippen LogP contribution in [0.25, 0.3) is 16.9 Å². The van der Waals surface area contributed by atoms with Gasteiger partial charge in [-0.25, -0.2) is 19.0 Å². The van der Waals surface area contributed by atoms with E-state index in [0.29, 0.717) is 35.7 Å². The van der Waals surface area contributed by atoms with Crippen LogP contribution in [0.5, 0.6) is 5.75 Å². The fourth-order valence-corrected chi connectivity index (χ4v) is 3.42. The van der Waals surface area contributed by atoms with Crippen molar-refractivity contribution in [1.29, 1.82) is 0 Å². The Balaban J connectivity index is 1.52. The van der Waals surface area contributed by atoms with Gasteiger partial charge in [0.15, 0.2) is 5.75 Å². The first-order valence-corrected chi connectivity index (χ1v) is 9.19. The Morgan fingerprint density at radius 1 is 1.15 bits per heavy atom. The van der Waals surface area contributed by atoms with Crippen LogP contribution in [0.4, 0.5) is 4.39 Å². The van der Waals surface area contributed by atoms with E-state index < -0.39 is 0 Å². The summed E-state index contributed by atoms with van der Waals surface area (Å²) in [6.45, 7) is 0.620. The van der Waals surface area contributed by atoms with E-state index in [-0.39, 0.29) is 5.82 Å². The smallest absolute Gasteiger partial charge is 0.163 e. The summed E-state index contributed by atoms with van der Waals surface area (Å²) in [7, 11) is 0. The van der Waals surface area contributed by atoms with Gasteiger partial charge in [0.2, 0.25) is 0 Å². The van der Waals surface area contributed by atoms with E-state index in [1.807, 2.05) is 0 Å². The number of nitrogens with zero attached hydrogens (tertiary/aromatic N) is 4. The van der Waals surface area contributed by atoms with Gasteiger partial charge in [-0.1, -0.05) is 12.1 Å². The first kappa shape index (κ1) is 17.6. The normalized spacial score (nSPS) is 19.8. The average Bonchev–Trinajstić information content (AvgIpc) is 3.18. The van der Waals surface area contributed by atoms with Crippen LogP contribution in [-0.4, -0.2) is 32.4 Å². The van der Waals surface area contributed by atoms with Crippen molar-refractivity contribution in [3.8, 4) is 22.7 Å². The van der Waals surface area contributed by atoms with Gasteiger partial charge >= 0.3 is 0 Å². The van der Waals surface area contributed by atoms with Crippen LogP contribution in [0.15, 0.2) is 49.2 Å². The van der Waals surface area contributed by atoms with Crippen molar-refractivity contribution in [2.24, 2.45) is 11.7 Å². The highest BCUT2D eigenvalue weighted by Gasteiger charge is 2.20. The van der Waals surface area contributed by atoms with Crippen LogP contribution in [0, 0.1) is 11.7 Å². The van der Waals surface area contributed by atoms with Crippen molar-refractivity contribution in [3.63, 3.8) is 0 Å². The van der Waals surface area contributed by atoms with Gasteiger partial charge < -0.3 is 10.5 Å². The maximum atomic E-state index is 14.0. The predicted molar refractivity (Wildman–Crippen MR) is 100.0 cm³/mol. The lowest BCUT2D eigenvalue weighted by Crippen LogP contribution is -2.28. The van der Waals surface area contributed by atoms with Crippen molar-refractivity contribution in [1.82, 2.24) is 19.7 Å². The summed E-state index contributed by atoms with van der Waals surface area (Å²) in [5.74, 6) is 0.779. The minimum absolute atomic E-state index is 0.320. The largest absolute Gasteiger partial charge is 0.489 e. The maximum absolute atomic E-state index is 14.0. The lowest BCUT2D eigenvalue weighted by molar-refractivity contribution is 0.200. The molecule has 2 heterocycles. The van der Waals surface area contributed by atoms with E-state index in [2.05, 4.69) is 15.1 Å². The monoisotopic (exact) mass is 367 g/mol. The fourth-order valence-electron chi connectivity index (χ4n) is 3.42. The SMILES string of the molecule is N[C@H]1CC[C@H](COc2cncnc2-c2cnn(-c3ccccc3F)c2)CC1. The molecule has 1 aromatic carbocycles. The first-order valence-electron chi connectivity index (χ1n) is 9.19. The number of para-hydroxylation sites is 1. The van der Waals surface area contributed by atoms with E-state index in [4.69, 9.17) is 10.5 Å². The Morgan fingerprint density at radius 3 is 2.78 bits per heavy atom. The molecule has 0 aliphatic heterocycles. The van der Waals surface area contributed by atoms with Gasteiger partial charge in [0.1, 0.15) is 23.5 Å². The van der Waals surface area contributed by atoms with Crippen LogP contribution in [0.2, 0.25) is 0 Å². The molecule has 27 heavy (non-hydrogen) atoms. The van der Waals surface area contributed by atoms with Crippen molar-refractivity contribution in [2.75, 3.05) is 6.61 Å². The van der Waals surface area contributed by atoms with Crippen LogP contribution in [0.1, 0.15) is 25.7 Å². The maximum Gasteiger partial charge on any atom is 0.163 e. The molecule has 6 nitrogen and oxygen atoms in total. The average molecular weight is 367 g/mol. The van der Waals surface area contributed by atoms with E-state index in [1.54, 1.807) is 36.8 Å². The molecule has 0 spiro atoms. The third kappa shape index (κ3) is 3.98. The molecule has 0 atom stereocenters. The third-order valence-electron chi connectivity index (χ3n) is 5.00. The van der Waals surface area contributed by atoms with Gasteiger partial charge in [-0.2, -0.15) is 5.10 Å². The molecule has 1 aliphatic carbocycles. The summed E-state index contributed by atoms with van der Waals surface area (Å²) in [5, 5.41) is 4.27. The molecule has 7 heteroatoms. The summed E-state index contributed by atoms with van der Waals surface area (Å²) < 4.78 is 21.5. The Bertz CT molecular complexity index is 905. The molecule has 1 saturated carbocycles. The van der Waals surface area contributed by atoms with Crippen LogP contribution < -0.4 is 10.5 Å². The van der Waals surface area contributed by atoms with Gasteiger partial charge in [0.05, 0.1) is 19.0 Å². The number of rotatable bonds is 5. The Kier molecular flexibility index (Phi) is 5.11. The molecule has 140 valence electrons. The Labute approximate surface area is 157 Å². The number of aromatic nitrogens is 4. The number of hydrogen-bond donors (Lipinski definition) is 1. The molecular weight excluding hydrogens is 345 g/mol. The predicted octanol–water partition coefficient (Wildman–Crippen LogP) is 3.36. The Morgan fingerprint density at radius 2 is 1.96 bits per heavy atom. The van der Waals surface area contributed by atoms with Crippen molar-refractivity contribution < 1.29 is 9.13 Å². The number of nitrogens with two attached hydrogens (primary N) is 1. The van der Waals surface area contributed by atoms with Crippen molar-refractivity contribution in [2.45, 2.75) is 31.7 Å². The van der Waals surface area contributed by atoms with Gasteiger partial charge in [-0.05, 0) is 43.7 Å². The number of benzene rings is 1. The first-order chi connectivity index (χ1) is 13.2. The zero-order chi connectivity index (χ0) is 18.6. The molecule has 3 aromatic rings. The summed E-state index contributed by atoms with van der Waals surface area (Å²) in [6.07, 6.45) is 10.8. The molecule has 0 bridgehead atoms. The van der Waals surface area contributed by atoms with Crippen molar-refractivity contribution >= 4 is 0 Å². The Hall–Kier alpha value is -2.80. The topological polar surface area (TPSA) is 78.8 Å². The molecule has 0 saturated heterocycles. The van der Waals surface area contributed by atoms with Gasteiger partial charge in [-0.15, -0.1) is 0 Å². The summed E-state index contributed by atoms with van der Waals surface area (Å²) >= 11 is 0. The highest BCUT2D eigenvalue weighted by molar-refractivity contribution is 5.64. The molecule has 2 aromatic heterocycles. The second-order valence-electron chi connectivity index (χ2n) is 6.95. The molecule has 2 N–H and O–H groups in total. The second-order valence-corrected chi connectivity index (χ2v) is 6.95. The van der Waals surface area contributed by atoms with Crippen LogP contribution in [0.3, 0.4) is 0 Å². The summed E-state index contributed by atoms with van der Waals surface area (Å²) in [4.78, 5) is 8.43. The third-order valence-corrected chi connectivity index (χ3v) is 5.00. The number of ether oxygens (including phenoxy) is 1. The van der Waals surface area contributed by atoms with Gasteiger partial charge in [-0.3, -0.25) is 0 Å². The highest BCUT2D eigenvalue weighted by Crippen LogP contribution is 2.29. The highest BCUT2D eigenvalue weighted by atomic mass is 19.1. The molecule has 0 unspecified atom stereocenters. The van der Waals surface area contributed by atoms with E-state index in [1.165, 1.54) is 17.1 Å². The molecule has 0 radical (unpaired) electrons. The van der Waals surface area contributed by atoms with E-state index in [9.17, 15) is 4.39 Å². The van der Waals surface area contributed by atoms with E-state index in [0.717, 1.165) is 31.2 Å². The summed E-state index contributed by atoms with van der Waals surface area (Å²) in [6, 6.07) is 6.83. The zero-order valence-corrected chi connectivity index (χ0v) is 15.0. The van der Waals surface area contributed by atoms with Crippen molar-refractivity contribution in [3.05, 3.63) is 55.0 Å². The van der Waals surface area contributed by atoms with Crippen LogP contribution in [-0.2, 0) is 0 Å². The minimum atomic E-state index is -0.332. The quantitative estimate of drug-likeness (QED) is 0.748. The molecule has 1 fully saturated rings. The zero-order valence-electron chi connectivity index (χ0n) is 15.0. The molecule has 1 aliphatic rings. The lowest BCUT2D eigenvalue weighted by atomic mass is 9.87. The number of halogens is 1. The van der Waals surface area contributed by atoms with Gasteiger partial charge in [0, 0.05) is 17.8 Å².